The molecule has 160 valence electrons. The van der Waals surface area contributed by atoms with Crippen molar-refractivity contribution in [3.63, 3.8) is 0 Å². The lowest BCUT2D eigenvalue weighted by molar-refractivity contribution is -0.192. The summed E-state index contributed by atoms with van der Waals surface area (Å²) in [7, 11) is 0. The van der Waals surface area contributed by atoms with Crippen molar-refractivity contribution in [1.29, 1.82) is 0 Å². The smallest absolute Gasteiger partial charge is 0.475 e. The number of carbonyl (C=O) groups excluding carboxylic acids is 1. The van der Waals surface area contributed by atoms with Gasteiger partial charge in [-0.2, -0.15) is 23.1 Å². The molecule has 0 radical (unpaired) electrons. The average molecular weight is 424 g/mol. The molecule has 0 bridgehead atoms. The number of hydrogen-bond donors (Lipinski definition) is 5. The van der Waals surface area contributed by atoms with Crippen LogP contribution in [0.5, 0.6) is 0 Å². The molecule has 0 aliphatic heterocycles. The molecular weight excluding hydrogens is 405 g/mol. The number of nitrogens with zero attached hydrogens (tertiary/aromatic N) is 2. The molecule has 0 aliphatic carbocycles. The molecule has 0 atom stereocenters. The van der Waals surface area contributed by atoms with E-state index in [9.17, 15) is 18.0 Å². The van der Waals surface area contributed by atoms with E-state index in [4.69, 9.17) is 15.6 Å². The van der Waals surface area contributed by atoms with Gasteiger partial charge in [0, 0.05) is 24.0 Å². The largest absolute Gasteiger partial charge is 0.490 e. The lowest BCUT2D eigenvalue weighted by Gasteiger charge is -2.09. The standard InChI is InChI=1S/C16H18N6O.C2HF3O2/c1-2-8-18-14-12-7-9-19-15(12)22-16(21-14)20-11-5-3-10(4-6-11)13(17)23;3-2(4,5)1(6)7/h3-7,9H,2,8H2,1H3,(H2,17,23)(H3,18,19,20,21,22);(H,6,7). The highest BCUT2D eigenvalue weighted by atomic mass is 19.4. The number of carboxylic acid groups (broad SMARTS) is 1. The number of aromatic nitrogens is 3. The molecule has 1 amide bonds. The van der Waals surface area contributed by atoms with Gasteiger partial charge in [-0.25, -0.2) is 4.79 Å². The number of H-pyrrole nitrogens is 1. The molecule has 0 aliphatic rings. The molecule has 9 nitrogen and oxygen atoms in total. The van der Waals surface area contributed by atoms with Gasteiger partial charge in [-0.15, -0.1) is 0 Å². The minimum Gasteiger partial charge on any atom is -0.475 e. The van der Waals surface area contributed by atoms with Gasteiger partial charge < -0.3 is 26.5 Å². The highest BCUT2D eigenvalue weighted by Gasteiger charge is 2.38. The number of carbonyl (C=O) groups is 2. The summed E-state index contributed by atoms with van der Waals surface area (Å²) in [5, 5.41) is 14.5. The number of alkyl halides is 3. The number of benzene rings is 1. The van der Waals surface area contributed by atoms with Gasteiger partial charge in [0.15, 0.2) is 0 Å². The van der Waals surface area contributed by atoms with Gasteiger partial charge in [0.1, 0.15) is 11.5 Å². The number of aromatic amines is 1. The molecule has 1 aromatic carbocycles. The van der Waals surface area contributed by atoms with Crippen LogP contribution >= 0.6 is 0 Å². The summed E-state index contributed by atoms with van der Waals surface area (Å²) in [6.45, 7) is 2.94. The highest BCUT2D eigenvalue weighted by Crippen LogP contribution is 2.23. The van der Waals surface area contributed by atoms with E-state index in [2.05, 4.69) is 32.5 Å². The first-order valence-corrected chi connectivity index (χ1v) is 8.67. The Balaban J connectivity index is 0.000000396. The number of primary amides is 1. The molecule has 3 rings (SSSR count). The van der Waals surface area contributed by atoms with Gasteiger partial charge in [0.25, 0.3) is 0 Å². The Hall–Kier alpha value is -3.83. The van der Waals surface area contributed by atoms with Crippen molar-refractivity contribution in [3.05, 3.63) is 42.1 Å². The van der Waals surface area contributed by atoms with E-state index >= 15 is 0 Å². The molecule has 0 unspecified atom stereocenters. The predicted octanol–water partition coefficient (Wildman–Crippen LogP) is 3.26. The molecule has 0 saturated carbocycles. The van der Waals surface area contributed by atoms with E-state index in [0.29, 0.717) is 11.5 Å². The van der Waals surface area contributed by atoms with Crippen LogP contribution in [0.2, 0.25) is 0 Å². The van der Waals surface area contributed by atoms with E-state index in [1.807, 2.05) is 12.3 Å². The van der Waals surface area contributed by atoms with Crippen molar-refractivity contribution in [3.8, 4) is 0 Å². The fourth-order valence-electron chi connectivity index (χ4n) is 2.22. The van der Waals surface area contributed by atoms with Crippen LogP contribution in [0.3, 0.4) is 0 Å². The quantitative estimate of drug-likeness (QED) is 0.408. The van der Waals surface area contributed by atoms with E-state index in [-0.39, 0.29) is 0 Å². The third-order valence-electron chi connectivity index (χ3n) is 3.63. The molecule has 2 heterocycles. The second-order valence-electron chi connectivity index (χ2n) is 5.93. The number of hydrogen-bond acceptors (Lipinski definition) is 6. The van der Waals surface area contributed by atoms with Crippen LogP contribution < -0.4 is 16.4 Å². The molecule has 6 N–H and O–H groups in total. The normalized spacial score (nSPS) is 10.8. The van der Waals surface area contributed by atoms with Crippen molar-refractivity contribution in [2.45, 2.75) is 19.5 Å². The number of aliphatic carboxylic acids is 1. The van der Waals surface area contributed by atoms with Crippen molar-refractivity contribution < 1.29 is 27.9 Å². The molecule has 3 aromatic rings. The summed E-state index contributed by atoms with van der Waals surface area (Å²) in [6, 6.07) is 8.80. The minimum atomic E-state index is -5.08. The average Bonchev–Trinajstić information content (AvgIpc) is 3.15. The van der Waals surface area contributed by atoms with Crippen LogP contribution in [0, 0.1) is 0 Å². The monoisotopic (exact) mass is 424 g/mol. The van der Waals surface area contributed by atoms with Crippen molar-refractivity contribution in [2.75, 3.05) is 17.2 Å². The van der Waals surface area contributed by atoms with Gasteiger partial charge in [0.05, 0.1) is 5.39 Å². The van der Waals surface area contributed by atoms with E-state index in [1.54, 1.807) is 24.3 Å². The summed E-state index contributed by atoms with van der Waals surface area (Å²) in [6.07, 6.45) is -2.24. The molecule has 0 fully saturated rings. The highest BCUT2D eigenvalue weighted by molar-refractivity contribution is 5.93. The second-order valence-corrected chi connectivity index (χ2v) is 5.93. The predicted molar refractivity (Wildman–Crippen MR) is 105 cm³/mol. The number of carboxylic acids is 1. The van der Waals surface area contributed by atoms with Crippen LogP contribution in [0.25, 0.3) is 11.0 Å². The Morgan fingerprint density at radius 3 is 2.33 bits per heavy atom. The molecule has 0 spiro atoms. The summed E-state index contributed by atoms with van der Waals surface area (Å²) in [5.74, 6) is -1.95. The minimum absolute atomic E-state index is 0.452. The molecule has 30 heavy (non-hydrogen) atoms. The molecule has 2 aromatic heterocycles. The fourth-order valence-corrected chi connectivity index (χ4v) is 2.22. The van der Waals surface area contributed by atoms with E-state index < -0.39 is 18.1 Å². The Morgan fingerprint density at radius 2 is 1.80 bits per heavy atom. The number of halogens is 3. The lowest BCUT2D eigenvalue weighted by atomic mass is 10.2. The fraction of sp³-hybridized carbons (Fsp3) is 0.222. The third-order valence-corrected chi connectivity index (χ3v) is 3.63. The van der Waals surface area contributed by atoms with E-state index in [1.165, 1.54) is 0 Å². The summed E-state index contributed by atoms with van der Waals surface area (Å²) < 4.78 is 31.7. The lowest BCUT2D eigenvalue weighted by Crippen LogP contribution is -2.21. The van der Waals surface area contributed by atoms with Crippen molar-refractivity contribution in [1.82, 2.24) is 15.0 Å². The Bertz CT molecular complexity index is 1020. The summed E-state index contributed by atoms with van der Waals surface area (Å²) >= 11 is 0. The first-order valence-electron chi connectivity index (χ1n) is 8.67. The third kappa shape index (κ3) is 6.09. The Labute approximate surface area is 168 Å². The summed E-state index contributed by atoms with van der Waals surface area (Å²) in [4.78, 5) is 32.1. The van der Waals surface area contributed by atoms with Crippen LogP contribution in [0.1, 0.15) is 23.7 Å². The number of nitrogens with two attached hydrogens (primary N) is 1. The van der Waals surface area contributed by atoms with Crippen LogP contribution in [-0.4, -0.2) is 44.7 Å². The molecule has 12 heteroatoms. The maximum atomic E-state index is 11.1. The zero-order valence-corrected chi connectivity index (χ0v) is 15.7. The van der Waals surface area contributed by atoms with Crippen LogP contribution in [0.4, 0.5) is 30.6 Å². The van der Waals surface area contributed by atoms with E-state index in [0.717, 1.165) is 35.5 Å². The summed E-state index contributed by atoms with van der Waals surface area (Å²) in [5.41, 5.74) is 7.24. The zero-order chi connectivity index (χ0) is 22.3. The SMILES string of the molecule is CCCNc1nc(Nc2ccc(C(N)=O)cc2)nc2[nH]ccc12.O=C(O)C(F)(F)F. The number of anilines is 3. The maximum absolute atomic E-state index is 11.1. The van der Waals surface area contributed by atoms with Gasteiger partial charge in [-0.05, 0) is 36.8 Å². The molecular formula is C18H19F3N6O3. The first kappa shape index (κ1) is 22.5. The topological polar surface area (TPSA) is 146 Å². The van der Waals surface area contributed by atoms with Gasteiger partial charge in [0.2, 0.25) is 11.9 Å². The van der Waals surface area contributed by atoms with Crippen LogP contribution in [-0.2, 0) is 4.79 Å². The molecule has 0 saturated heterocycles. The zero-order valence-electron chi connectivity index (χ0n) is 15.7. The Kier molecular flexibility index (Phi) is 7.17. The first-order chi connectivity index (χ1) is 14.1. The number of amides is 1. The second kappa shape index (κ2) is 9.58. The van der Waals surface area contributed by atoms with Gasteiger partial charge in [-0.3, -0.25) is 4.79 Å². The number of fused-ring (bicyclic) bond motifs is 1. The Morgan fingerprint density at radius 1 is 1.17 bits per heavy atom. The van der Waals surface area contributed by atoms with Gasteiger partial charge in [-0.1, -0.05) is 6.92 Å². The number of rotatable bonds is 6. The van der Waals surface area contributed by atoms with Crippen molar-refractivity contribution >= 4 is 40.4 Å². The van der Waals surface area contributed by atoms with Crippen molar-refractivity contribution in [2.24, 2.45) is 5.73 Å². The number of nitrogens with one attached hydrogen (secondary N) is 3. The van der Waals surface area contributed by atoms with Gasteiger partial charge >= 0.3 is 12.1 Å². The maximum Gasteiger partial charge on any atom is 0.490 e. The van der Waals surface area contributed by atoms with Crippen LogP contribution in [0.15, 0.2) is 36.5 Å².